The first kappa shape index (κ1) is 21.3. The van der Waals surface area contributed by atoms with Crippen LogP contribution in [0.1, 0.15) is 28.9 Å². The van der Waals surface area contributed by atoms with Gasteiger partial charge in [-0.2, -0.15) is 5.10 Å². The highest BCUT2D eigenvalue weighted by molar-refractivity contribution is 5.95. The summed E-state index contributed by atoms with van der Waals surface area (Å²) < 4.78 is 26.6. The molecule has 0 bridgehead atoms. The number of rotatable bonds is 3. The number of pyridine rings is 2. The summed E-state index contributed by atoms with van der Waals surface area (Å²) in [5.41, 5.74) is 8.22. The van der Waals surface area contributed by atoms with Gasteiger partial charge in [-0.15, -0.1) is 0 Å². The summed E-state index contributed by atoms with van der Waals surface area (Å²) in [6, 6.07) is 7.24. The normalized spacial score (nSPS) is 16.7. The third-order valence-corrected chi connectivity index (χ3v) is 4.83. The fourth-order valence-electron chi connectivity index (χ4n) is 3.01. The number of aldehydes is 1. The van der Waals surface area contributed by atoms with Crippen LogP contribution in [-0.4, -0.2) is 57.6 Å². The van der Waals surface area contributed by atoms with Crippen molar-refractivity contribution in [3.8, 4) is 5.69 Å². The lowest BCUT2D eigenvalue weighted by molar-refractivity contribution is -0.0504. The molecule has 8 nitrogen and oxygen atoms in total. The lowest BCUT2D eigenvalue weighted by Gasteiger charge is -2.28. The number of likely N-dealkylation sites (tertiary alicyclic amines) is 1. The van der Waals surface area contributed by atoms with Gasteiger partial charge >= 0.3 is 0 Å². The molecule has 4 N–H and O–H groups in total. The molecule has 0 radical (unpaired) electrons. The number of alkyl halides is 2. The van der Waals surface area contributed by atoms with Gasteiger partial charge in [0.2, 0.25) is 0 Å². The molecule has 4 heterocycles. The van der Waals surface area contributed by atoms with Crippen LogP contribution in [0.25, 0.3) is 16.7 Å². The van der Waals surface area contributed by atoms with Crippen molar-refractivity contribution in [1.29, 1.82) is 0 Å². The molecule has 0 unspecified atom stereocenters. The number of halogens is 2. The van der Waals surface area contributed by atoms with Gasteiger partial charge < -0.3 is 16.5 Å². The molecule has 1 saturated heterocycles. The molecule has 4 rings (SSSR count). The maximum atomic E-state index is 12.4. The number of carbonyl (C=O) groups is 1. The van der Waals surface area contributed by atoms with Crippen LogP contribution in [0.2, 0.25) is 0 Å². The van der Waals surface area contributed by atoms with Crippen LogP contribution in [0.4, 0.5) is 8.78 Å². The number of piperidine rings is 1. The Bertz CT molecular complexity index is 1040. The predicted octanol–water partition coefficient (Wildman–Crippen LogP) is 2.16. The number of nitrogens with zero attached hydrogens (tertiary/aromatic N) is 5. The summed E-state index contributed by atoms with van der Waals surface area (Å²) in [4.78, 5) is 21.2. The van der Waals surface area contributed by atoms with Gasteiger partial charge in [0.1, 0.15) is 11.3 Å². The second-order valence-corrected chi connectivity index (χ2v) is 7.06. The monoisotopic (exact) mass is 415 g/mol. The summed E-state index contributed by atoms with van der Waals surface area (Å²) in [5.74, 6) is 2.91. The van der Waals surface area contributed by atoms with Crippen LogP contribution < -0.4 is 11.6 Å². The van der Waals surface area contributed by atoms with Gasteiger partial charge in [0.15, 0.2) is 12.1 Å². The SMILES string of the molecule is CN1CCC(F)(F)CC1.N/N=C(\N)c1ccc(-n2ccc3cc(C=O)cnc32)cn1. The number of hydrazone groups is 1. The molecule has 3 aromatic heterocycles. The summed E-state index contributed by atoms with van der Waals surface area (Å²) in [6.07, 6.45) is 5.89. The summed E-state index contributed by atoms with van der Waals surface area (Å²) in [5, 5.41) is 4.28. The van der Waals surface area contributed by atoms with E-state index in [2.05, 4.69) is 15.1 Å². The Labute approximate surface area is 172 Å². The Morgan fingerprint density at radius 2 is 1.93 bits per heavy atom. The molecule has 1 aliphatic heterocycles. The zero-order chi connectivity index (χ0) is 21.7. The van der Waals surface area contributed by atoms with Crippen molar-refractivity contribution in [2.75, 3.05) is 20.1 Å². The molecule has 10 heteroatoms. The topological polar surface area (TPSA) is 115 Å². The Balaban J connectivity index is 0.000000239. The second-order valence-electron chi connectivity index (χ2n) is 7.06. The van der Waals surface area contributed by atoms with Gasteiger partial charge in [0.05, 0.1) is 11.9 Å². The first-order valence-electron chi connectivity index (χ1n) is 9.32. The minimum absolute atomic E-state index is 0.0312. The minimum Gasteiger partial charge on any atom is -0.380 e. The van der Waals surface area contributed by atoms with E-state index in [4.69, 9.17) is 11.6 Å². The van der Waals surface area contributed by atoms with E-state index in [1.165, 1.54) is 6.20 Å². The lowest BCUT2D eigenvalue weighted by Crippen LogP contribution is -2.36. The molecule has 0 atom stereocenters. The number of carbonyl (C=O) groups excluding carboxylic acids is 1. The molecule has 0 saturated carbocycles. The maximum Gasteiger partial charge on any atom is 0.250 e. The Morgan fingerprint density at radius 1 is 1.20 bits per heavy atom. The molecule has 1 aliphatic rings. The summed E-state index contributed by atoms with van der Waals surface area (Å²) in [7, 11) is 1.87. The highest BCUT2D eigenvalue weighted by Gasteiger charge is 2.32. The number of aromatic nitrogens is 3. The van der Waals surface area contributed by atoms with E-state index in [1.807, 2.05) is 34.8 Å². The van der Waals surface area contributed by atoms with Crippen molar-refractivity contribution in [3.05, 3.63) is 54.1 Å². The van der Waals surface area contributed by atoms with Crippen LogP contribution >= 0.6 is 0 Å². The Hall–Kier alpha value is -3.40. The number of amidine groups is 1. The van der Waals surface area contributed by atoms with Crippen molar-refractivity contribution >= 4 is 23.2 Å². The van der Waals surface area contributed by atoms with Gasteiger partial charge in [-0.1, -0.05) is 0 Å². The molecule has 0 spiro atoms. The molecule has 158 valence electrons. The lowest BCUT2D eigenvalue weighted by atomic mass is 10.1. The van der Waals surface area contributed by atoms with Gasteiger partial charge in [0, 0.05) is 49.3 Å². The first-order valence-corrected chi connectivity index (χ1v) is 9.32. The molecule has 1 fully saturated rings. The van der Waals surface area contributed by atoms with Gasteiger partial charge in [-0.05, 0) is 31.3 Å². The van der Waals surface area contributed by atoms with Crippen LogP contribution in [-0.2, 0) is 0 Å². The average Bonchev–Trinajstić information content (AvgIpc) is 3.19. The van der Waals surface area contributed by atoms with Crippen LogP contribution in [0, 0.1) is 0 Å². The standard InChI is InChI=1S/C14H12N6O.C6H11F2N/c15-13(19-16)12-2-1-11(7-17-12)20-4-3-10-5-9(8-21)6-18-14(10)20;1-9-4-2-6(7,8)3-5-9/h1-8H,16H2,(H2,15,19);2-5H2,1H3. The van der Waals surface area contributed by atoms with Crippen molar-refractivity contribution < 1.29 is 13.6 Å². The van der Waals surface area contributed by atoms with E-state index in [1.54, 1.807) is 18.3 Å². The fraction of sp³-hybridized carbons (Fsp3) is 0.300. The van der Waals surface area contributed by atoms with Crippen molar-refractivity contribution in [2.24, 2.45) is 16.7 Å². The molecule has 0 aliphatic carbocycles. The van der Waals surface area contributed by atoms with E-state index in [0.717, 1.165) is 23.0 Å². The Kier molecular flexibility index (Phi) is 6.36. The van der Waals surface area contributed by atoms with Crippen LogP contribution in [0.15, 0.2) is 48.0 Å². The second kappa shape index (κ2) is 8.95. The van der Waals surface area contributed by atoms with Gasteiger partial charge in [-0.25, -0.2) is 13.8 Å². The Morgan fingerprint density at radius 3 is 2.50 bits per heavy atom. The predicted molar refractivity (Wildman–Crippen MR) is 111 cm³/mol. The molecular formula is C20H23F2N7O. The van der Waals surface area contributed by atoms with Crippen molar-refractivity contribution in [1.82, 2.24) is 19.4 Å². The van der Waals surface area contributed by atoms with E-state index in [-0.39, 0.29) is 18.7 Å². The largest absolute Gasteiger partial charge is 0.380 e. The quantitative estimate of drug-likeness (QED) is 0.223. The zero-order valence-electron chi connectivity index (χ0n) is 16.5. The number of hydrogen-bond donors (Lipinski definition) is 2. The number of fused-ring (bicyclic) bond motifs is 1. The molecule has 30 heavy (non-hydrogen) atoms. The summed E-state index contributed by atoms with van der Waals surface area (Å²) in [6.45, 7) is 1.07. The third-order valence-electron chi connectivity index (χ3n) is 4.83. The third kappa shape index (κ3) is 4.95. The first-order chi connectivity index (χ1) is 14.3. The molecular weight excluding hydrogens is 392 g/mol. The van der Waals surface area contributed by atoms with Gasteiger partial charge in [-0.3, -0.25) is 14.3 Å². The van der Waals surface area contributed by atoms with E-state index in [0.29, 0.717) is 24.3 Å². The van der Waals surface area contributed by atoms with Crippen LogP contribution in [0.3, 0.4) is 0 Å². The van der Waals surface area contributed by atoms with E-state index >= 15 is 0 Å². The smallest absolute Gasteiger partial charge is 0.250 e. The highest BCUT2D eigenvalue weighted by Crippen LogP contribution is 2.26. The molecule has 0 aromatic carbocycles. The average molecular weight is 415 g/mol. The molecule has 3 aromatic rings. The maximum absolute atomic E-state index is 12.4. The highest BCUT2D eigenvalue weighted by atomic mass is 19.3. The number of nitrogens with two attached hydrogens (primary N) is 2. The van der Waals surface area contributed by atoms with Gasteiger partial charge in [0.25, 0.3) is 5.92 Å². The van der Waals surface area contributed by atoms with E-state index < -0.39 is 5.92 Å². The van der Waals surface area contributed by atoms with Crippen LogP contribution in [0.5, 0.6) is 0 Å². The summed E-state index contributed by atoms with van der Waals surface area (Å²) >= 11 is 0. The minimum atomic E-state index is -2.38. The number of hydrogen-bond acceptors (Lipinski definition) is 6. The van der Waals surface area contributed by atoms with Crippen molar-refractivity contribution in [3.63, 3.8) is 0 Å². The van der Waals surface area contributed by atoms with Crippen molar-refractivity contribution in [2.45, 2.75) is 18.8 Å². The zero-order valence-corrected chi connectivity index (χ0v) is 16.5. The van der Waals surface area contributed by atoms with E-state index in [9.17, 15) is 13.6 Å². The fourth-order valence-corrected chi connectivity index (χ4v) is 3.01. The molecule has 0 amide bonds.